The summed E-state index contributed by atoms with van der Waals surface area (Å²) in [7, 11) is -4.38. The Morgan fingerprint density at radius 3 is 2.64 bits per heavy atom. The Hall–Kier alpha value is -2.51. The number of imidazole rings is 1. The number of aliphatic hydroxyl groups is 2. The van der Waals surface area contributed by atoms with Crippen LogP contribution in [0.1, 0.15) is 24.8 Å². The number of benzene rings is 1. The zero-order valence-electron chi connectivity index (χ0n) is 17.4. The topological polar surface area (TPSA) is 172 Å². The van der Waals surface area contributed by atoms with E-state index in [-0.39, 0.29) is 18.5 Å². The van der Waals surface area contributed by atoms with Gasteiger partial charge in [0.15, 0.2) is 23.2 Å². The fourth-order valence-corrected chi connectivity index (χ4v) is 3.91. The first-order chi connectivity index (χ1) is 15.6. The summed E-state index contributed by atoms with van der Waals surface area (Å²) < 4.78 is 36.2. The van der Waals surface area contributed by atoms with Crippen molar-refractivity contribution in [2.75, 3.05) is 18.3 Å². The molecule has 1 saturated heterocycles. The lowest BCUT2D eigenvalue weighted by Gasteiger charge is -2.17. The number of hydrogen-bond donors (Lipinski definition) is 5. The van der Waals surface area contributed by atoms with Crippen molar-refractivity contribution in [3.05, 3.63) is 48.3 Å². The summed E-state index contributed by atoms with van der Waals surface area (Å²) in [5, 5.41) is 24.0. The number of nitrogens with one attached hydrogen (secondary N) is 1. The Morgan fingerprint density at radius 1 is 1.21 bits per heavy atom. The standard InChI is InChI=1S/C19H23FN5O7P/c1-10(11-2-4-12(20)5-3-11)24-17-14-18(22-7-21-17)25(8-23-14)19-16(27)15(26)13(32-19)6-31-9-33(28,29)30/h2-5,7-8,10,13,15-16,19,26-27H,6,9H2,1H3,(H,21,22,24)(H2,28,29,30)/t10-,13+,15+,16+,19+/m0/s1. The van der Waals surface area contributed by atoms with Crippen LogP contribution in [0, 0.1) is 5.82 Å². The largest absolute Gasteiger partial charge is 0.387 e. The molecule has 0 aliphatic carbocycles. The second-order valence-corrected chi connectivity index (χ2v) is 9.26. The van der Waals surface area contributed by atoms with Crippen molar-refractivity contribution in [3.63, 3.8) is 0 Å². The van der Waals surface area contributed by atoms with Gasteiger partial charge in [-0.3, -0.25) is 9.13 Å². The summed E-state index contributed by atoms with van der Waals surface area (Å²) in [5.74, 6) is 0.0713. The number of anilines is 1. The van der Waals surface area contributed by atoms with Crippen LogP contribution in [0.5, 0.6) is 0 Å². The quantitative estimate of drug-likeness (QED) is 0.288. The first-order valence-electron chi connectivity index (χ1n) is 9.97. The van der Waals surface area contributed by atoms with Crippen molar-refractivity contribution in [1.82, 2.24) is 19.5 Å². The molecule has 1 aromatic carbocycles. The summed E-state index contributed by atoms with van der Waals surface area (Å²) in [4.78, 5) is 30.5. The zero-order valence-corrected chi connectivity index (χ0v) is 18.3. The molecule has 178 valence electrons. The van der Waals surface area contributed by atoms with Gasteiger partial charge in [-0.05, 0) is 24.6 Å². The van der Waals surface area contributed by atoms with Crippen LogP contribution in [0.3, 0.4) is 0 Å². The van der Waals surface area contributed by atoms with Crippen molar-refractivity contribution in [3.8, 4) is 0 Å². The molecular formula is C19H23FN5O7P. The van der Waals surface area contributed by atoms with Gasteiger partial charge in [-0.2, -0.15) is 0 Å². The van der Waals surface area contributed by atoms with E-state index in [1.165, 1.54) is 29.4 Å². The highest BCUT2D eigenvalue weighted by molar-refractivity contribution is 7.51. The van der Waals surface area contributed by atoms with Gasteiger partial charge in [-0.25, -0.2) is 19.3 Å². The summed E-state index contributed by atoms with van der Waals surface area (Å²) in [5.41, 5.74) is 1.54. The third kappa shape index (κ3) is 5.20. The highest BCUT2D eigenvalue weighted by atomic mass is 31.2. The molecule has 3 aromatic rings. The van der Waals surface area contributed by atoms with Crippen LogP contribution < -0.4 is 5.32 Å². The van der Waals surface area contributed by atoms with Crippen molar-refractivity contribution < 1.29 is 38.4 Å². The van der Waals surface area contributed by atoms with Gasteiger partial charge in [0, 0.05) is 0 Å². The van der Waals surface area contributed by atoms with E-state index in [1.807, 2.05) is 6.92 Å². The molecule has 0 spiro atoms. The van der Waals surface area contributed by atoms with Gasteiger partial charge >= 0.3 is 7.60 Å². The van der Waals surface area contributed by atoms with Gasteiger partial charge in [0.05, 0.1) is 19.0 Å². The van der Waals surface area contributed by atoms with Crippen molar-refractivity contribution in [1.29, 1.82) is 0 Å². The van der Waals surface area contributed by atoms with E-state index >= 15 is 0 Å². The van der Waals surface area contributed by atoms with Gasteiger partial charge in [-0.15, -0.1) is 0 Å². The number of fused-ring (bicyclic) bond motifs is 1. The summed E-state index contributed by atoms with van der Waals surface area (Å²) in [6.07, 6.45) is -2.95. The monoisotopic (exact) mass is 483 g/mol. The minimum absolute atomic E-state index is 0.223. The molecule has 1 fully saturated rings. The SMILES string of the molecule is C[C@H](Nc1ncnc2c1ncn2[C@@H]1O[C@H](COCP(=O)(O)O)[C@@H](O)[C@H]1O)c1ccc(F)cc1. The molecule has 0 radical (unpaired) electrons. The summed E-state index contributed by atoms with van der Waals surface area (Å²) >= 11 is 0. The third-order valence-electron chi connectivity index (χ3n) is 5.23. The molecular weight excluding hydrogens is 460 g/mol. The third-order valence-corrected chi connectivity index (χ3v) is 5.75. The minimum atomic E-state index is -4.38. The fourth-order valence-electron chi connectivity index (χ4n) is 3.57. The van der Waals surface area contributed by atoms with E-state index in [0.29, 0.717) is 17.0 Å². The lowest BCUT2D eigenvalue weighted by molar-refractivity contribution is -0.0612. The number of rotatable bonds is 8. The smallest absolute Gasteiger partial charge is 0.350 e. The molecule has 14 heteroatoms. The van der Waals surface area contributed by atoms with E-state index in [9.17, 15) is 19.2 Å². The molecule has 5 atom stereocenters. The number of aromatic nitrogens is 4. The van der Waals surface area contributed by atoms with Gasteiger partial charge in [0.1, 0.15) is 36.8 Å². The molecule has 3 heterocycles. The fraction of sp³-hybridized carbons (Fsp3) is 0.421. The Labute approximate surface area is 187 Å². The molecule has 1 aliphatic heterocycles. The average Bonchev–Trinajstić information content (AvgIpc) is 3.30. The van der Waals surface area contributed by atoms with Crippen LogP contribution >= 0.6 is 7.60 Å². The second-order valence-electron chi connectivity index (χ2n) is 7.67. The van der Waals surface area contributed by atoms with Gasteiger partial charge in [0.2, 0.25) is 0 Å². The zero-order chi connectivity index (χ0) is 23.8. The van der Waals surface area contributed by atoms with E-state index < -0.39 is 38.5 Å². The molecule has 5 N–H and O–H groups in total. The molecule has 1 aliphatic rings. The number of aliphatic hydroxyl groups excluding tert-OH is 2. The molecule has 2 aromatic heterocycles. The van der Waals surface area contributed by atoms with E-state index in [2.05, 4.69) is 20.3 Å². The molecule has 0 unspecified atom stereocenters. The maximum atomic E-state index is 13.2. The summed E-state index contributed by atoms with van der Waals surface area (Å²) in [6, 6.07) is 5.81. The normalized spacial score (nSPS) is 24.3. The van der Waals surface area contributed by atoms with E-state index in [1.54, 1.807) is 12.1 Å². The van der Waals surface area contributed by atoms with Gasteiger partial charge in [-0.1, -0.05) is 12.1 Å². The lowest BCUT2D eigenvalue weighted by atomic mass is 10.1. The summed E-state index contributed by atoms with van der Waals surface area (Å²) in [6.45, 7) is 1.55. The van der Waals surface area contributed by atoms with Crippen molar-refractivity contribution in [2.45, 2.75) is 37.5 Å². The number of halogens is 1. The Bertz CT molecular complexity index is 1160. The van der Waals surface area contributed by atoms with Crippen LogP contribution in [0.4, 0.5) is 10.2 Å². The van der Waals surface area contributed by atoms with Crippen LogP contribution in [-0.2, 0) is 14.0 Å². The first-order valence-corrected chi connectivity index (χ1v) is 11.8. The number of nitrogens with zero attached hydrogens (tertiary/aromatic N) is 4. The first kappa shape index (κ1) is 23.6. The Balaban J connectivity index is 1.52. The Kier molecular flexibility index (Phi) is 6.73. The van der Waals surface area contributed by atoms with Crippen LogP contribution in [0.15, 0.2) is 36.9 Å². The van der Waals surface area contributed by atoms with Crippen molar-refractivity contribution >= 4 is 24.6 Å². The molecule has 0 bridgehead atoms. The second kappa shape index (κ2) is 9.39. The van der Waals surface area contributed by atoms with Gasteiger partial charge < -0.3 is 34.8 Å². The van der Waals surface area contributed by atoms with E-state index in [0.717, 1.165) is 5.56 Å². The maximum Gasteiger partial charge on any atom is 0.350 e. The molecule has 0 amide bonds. The maximum absolute atomic E-state index is 13.2. The van der Waals surface area contributed by atoms with Crippen molar-refractivity contribution in [2.24, 2.45) is 0 Å². The lowest BCUT2D eigenvalue weighted by Crippen LogP contribution is -2.33. The Morgan fingerprint density at radius 2 is 1.94 bits per heavy atom. The molecule has 33 heavy (non-hydrogen) atoms. The number of hydrogen-bond acceptors (Lipinski definition) is 9. The molecule has 0 saturated carbocycles. The highest BCUT2D eigenvalue weighted by Crippen LogP contribution is 2.36. The highest BCUT2D eigenvalue weighted by Gasteiger charge is 2.44. The molecule has 12 nitrogen and oxygen atoms in total. The van der Waals surface area contributed by atoms with Crippen LogP contribution in [0.2, 0.25) is 0 Å². The number of ether oxygens (including phenoxy) is 2. The predicted octanol–water partition coefficient (Wildman–Crippen LogP) is 0.909. The average molecular weight is 483 g/mol. The predicted molar refractivity (Wildman–Crippen MR) is 113 cm³/mol. The van der Waals surface area contributed by atoms with Gasteiger partial charge in [0.25, 0.3) is 0 Å². The van der Waals surface area contributed by atoms with Crippen LogP contribution in [-0.4, -0.2) is 70.8 Å². The molecule has 4 rings (SSSR count). The minimum Gasteiger partial charge on any atom is -0.387 e. The van der Waals surface area contributed by atoms with E-state index in [4.69, 9.17) is 19.3 Å². The van der Waals surface area contributed by atoms with Crippen LogP contribution in [0.25, 0.3) is 11.2 Å².